The van der Waals surface area contributed by atoms with Crippen molar-refractivity contribution in [2.75, 3.05) is 45.3 Å². The van der Waals surface area contributed by atoms with Crippen molar-refractivity contribution < 1.29 is 14.3 Å². The van der Waals surface area contributed by atoms with Crippen molar-refractivity contribution in [2.45, 2.75) is 13.8 Å². The smallest absolute Gasteiger partial charge is 0.260 e. The van der Waals surface area contributed by atoms with Gasteiger partial charge < -0.3 is 14.4 Å². The van der Waals surface area contributed by atoms with Crippen LogP contribution in [0.15, 0.2) is 36.4 Å². The quantitative estimate of drug-likeness (QED) is 0.499. The lowest BCUT2D eigenvalue weighted by Gasteiger charge is -2.24. The third-order valence-electron chi connectivity index (χ3n) is 5.15. The molecule has 0 unspecified atom stereocenters. The second-order valence-electron chi connectivity index (χ2n) is 6.84. The molecule has 0 fully saturated rings. The van der Waals surface area contributed by atoms with Crippen molar-refractivity contribution >= 4 is 32.6 Å². The molecule has 3 rings (SSSR count). The van der Waals surface area contributed by atoms with Gasteiger partial charge >= 0.3 is 0 Å². The number of anilines is 1. The summed E-state index contributed by atoms with van der Waals surface area (Å²) < 4.78 is 11.7. The van der Waals surface area contributed by atoms with Crippen molar-refractivity contribution in [3.05, 3.63) is 47.5 Å². The standard InChI is InChI=1S/C23H26N4O3S/c1-5-26(6-2)11-12-27(22(28)17-9-7-16(15-24)8-10-17)23-25-18-13-19(29-3)20(30-4)14-21(18)31-23/h7-10,13-14H,5-6,11-12H2,1-4H3. The molecule has 0 aliphatic rings. The van der Waals surface area contributed by atoms with Crippen LogP contribution in [0.25, 0.3) is 10.2 Å². The van der Waals surface area contributed by atoms with Crippen LogP contribution in [0.4, 0.5) is 5.13 Å². The van der Waals surface area contributed by atoms with Crippen LogP contribution in [0.2, 0.25) is 0 Å². The molecule has 0 saturated carbocycles. The number of nitriles is 1. The number of likely N-dealkylation sites (N-methyl/N-ethyl adjacent to an activating group) is 1. The van der Waals surface area contributed by atoms with E-state index in [0.717, 1.165) is 29.9 Å². The van der Waals surface area contributed by atoms with Gasteiger partial charge in [0.15, 0.2) is 16.6 Å². The Labute approximate surface area is 186 Å². The predicted molar refractivity (Wildman–Crippen MR) is 123 cm³/mol. The number of carbonyl (C=O) groups is 1. The molecule has 2 aromatic carbocycles. The first kappa shape index (κ1) is 22.5. The van der Waals surface area contributed by atoms with Gasteiger partial charge in [0.1, 0.15) is 0 Å². The van der Waals surface area contributed by atoms with Gasteiger partial charge in [-0.15, -0.1) is 0 Å². The lowest BCUT2D eigenvalue weighted by molar-refractivity contribution is 0.0984. The number of aromatic nitrogens is 1. The molecule has 1 amide bonds. The first-order valence-electron chi connectivity index (χ1n) is 10.1. The van der Waals surface area contributed by atoms with Gasteiger partial charge in [-0.2, -0.15) is 5.26 Å². The number of thiazole rings is 1. The maximum Gasteiger partial charge on any atom is 0.260 e. The van der Waals surface area contributed by atoms with Gasteiger partial charge in [0.05, 0.1) is 36.1 Å². The monoisotopic (exact) mass is 438 g/mol. The Morgan fingerprint density at radius 2 is 1.71 bits per heavy atom. The number of nitrogens with zero attached hydrogens (tertiary/aromatic N) is 4. The molecule has 0 aliphatic heterocycles. The fourth-order valence-corrected chi connectivity index (χ4v) is 4.27. The Hall–Kier alpha value is -3.15. The Morgan fingerprint density at radius 1 is 1.06 bits per heavy atom. The third-order valence-corrected chi connectivity index (χ3v) is 6.19. The molecule has 0 bridgehead atoms. The van der Waals surface area contributed by atoms with E-state index in [1.54, 1.807) is 43.4 Å². The van der Waals surface area contributed by atoms with Gasteiger partial charge in [-0.25, -0.2) is 4.98 Å². The van der Waals surface area contributed by atoms with E-state index in [-0.39, 0.29) is 5.91 Å². The first-order chi connectivity index (χ1) is 15.0. The summed E-state index contributed by atoms with van der Waals surface area (Å²) in [5, 5.41) is 9.66. The molecule has 0 atom stereocenters. The van der Waals surface area contributed by atoms with Gasteiger partial charge in [-0.3, -0.25) is 9.69 Å². The van der Waals surface area contributed by atoms with Crippen molar-refractivity contribution in [1.82, 2.24) is 9.88 Å². The largest absolute Gasteiger partial charge is 0.493 e. The first-order valence-corrected chi connectivity index (χ1v) is 10.9. The van der Waals surface area contributed by atoms with Crippen molar-refractivity contribution in [1.29, 1.82) is 5.26 Å². The van der Waals surface area contributed by atoms with Crippen LogP contribution in [-0.2, 0) is 0 Å². The Kier molecular flexibility index (Phi) is 7.45. The van der Waals surface area contributed by atoms with Crippen LogP contribution in [0.5, 0.6) is 11.5 Å². The molecule has 0 radical (unpaired) electrons. The Balaban J connectivity index is 2.00. The highest BCUT2D eigenvalue weighted by molar-refractivity contribution is 7.22. The van der Waals surface area contributed by atoms with Gasteiger partial charge in [-0.1, -0.05) is 25.2 Å². The number of carbonyl (C=O) groups excluding carboxylic acids is 1. The third kappa shape index (κ3) is 4.95. The number of benzene rings is 2. The molecule has 7 nitrogen and oxygen atoms in total. The van der Waals surface area contributed by atoms with E-state index in [1.807, 2.05) is 12.1 Å². The van der Waals surface area contributed by atoms with E-state index in [1.165, 1.54) is 11.3 Å². The van der Waals surface area contributed by atoms with E-state index in [9.17, 15) is 4.79 Å². The second kappa shape index (κ2) is 10.2. The van der Waals surface area contributed by atoms with E-state index >= 15 is 0 Å². The minimum absolute atomic E-state index is 0.144. The van der Waals surface area contributed by atoms with E-state index in [4.69, 9.17) is 19.7 Å². The van der Waals surface area contributed by atoms with E-state index < -0.39 is 0 Å². The summed E-state index contributed by atoms with van der Waals surface area (Å²) in [6, 6.07) is 12.5. The molecule has 0 spiro atoms. The minimum Gasteiger partial charge on any atom is -0.493 e. The molecular weight excluding hydrogens is 412 g/mol. The summed E-state index contributed by atoms with van der Waals surface area (Å²) in [5.74, 6) is 1.08. The molecule has 0 saturated heterocycles. The van der Waals surface area contributed by atoms with Crippen molar-refractivity contribution in [2.24, 2.45) is 0 Å². The number of amides is 1. The van der Waals surface area contributed by atoms with Crippen molar-refractivity contribution in [3.8, 4) is 17.6 Å². The van der Waals surface area contributed by atoms with E-state index in [2.05, 4.69) is 24.8 Å². The average molecular weight is 439 g/mol. The molecule has 0 aliphatic carbocycles. The molecule has 1 heterocycles. The topological polar surface area (TPSA) is 78.7 Å². The highest BCUT2D eigenvalue weighted by atomic mass is 32.1. The highest BCUT2D eigenvalue weighted by Crippen LogP contribution is 2.37. The normalized spacial score (nSPS) is 10.8. The molecular formula is C23H26N4O3S. The predicted octanol–water partition coefficient (Wildman–Crippen LogP) is 4.17. The summed E-state index contributed by atoms with van der Waals surface area (Å²) in [7, 11) is 3.18. The molecule has 162 valence electrons. The maximum absolute atomic E-state index is 13.4. The van der Waals surface area contributed by atoms with Crippen LogP contribution in [0.3, 0.4) is 0 Å². The zero-order chi connectivity index (χ0) is 22.4. The second-order valence-corrected chi connectivity index (χ2v) is 7.85. The summed E-state index contributed by atoms with van der Waals surface area (Å²) in [5.41, 5.74) is 1.79. The van der Waals surface area contributed by atoms with Crippen LogP contribution in [0, 0.1) is 11.3 Å². The lowest BCUT2D eigenvalue weighted by Crippen LogP contribution is -2.38. The molecule has 3 aromatic rings. The lowest BCUT2D eigenvalue weighted by atomic mass is 10.1. The number of hydrogen-bond acceptors (Lipinski definition) is 7. The average Bonchev–Trinajstić information content (AvgIpc) is 3.23. The highest BCUT2D eigenvalue weighted by Gasteiger charge is 2.23. The van der Waals surface area contributed by atoms with Crippen LogP contribution in [-0.4, -0.2) is 56.2 Å². The Morgan fingerprint density at radius 3 is 2.29 bits per heavy atom. The number of hydrogen-bond donors (Lipinski definition) is 0. The van der Waals surface area contributed by atoms with Gasteiger partial charge in [0, 0.05) is 30.8 Å². The Bertz CT molecular complexity index is 1040. The fraction of sp³-hybridized carbons (Fsp3) is 0.348. The van der Waals surface area contributed by atoms with Gasteiger partial charge in [-0.05, 0) is 37.4 Å². The minimum atomic E-state index is -0.144. The SMILES string of the molecule is CCN(CC)CCN(C(=O)c1ccc(C#N)cc1)c1nc2cc(OC)c(OC)cc2s1. The number of ether oxygens (including phenoxy) is 2. The molecule has 31 heavy (non-hydrogen) atoms. The maximum atomic E-state index is 13.4. The summed E-state index contributed by atoms with van der Waals surface area (Å²) >= 11 is 1.44. The van der Waals surface area contributed by atoms with Gasteiger partial charge in [0.25, 0.3) is 5.91 Å². The summed E-state index contributed by atoms with van der Waals surface area (Å²) in [6.07, 6.45) is 0. The fourth-order valence-electron chi connectivity index (χ4n) is 3.27. The number of methoxy groups -OCH3 is 2. The number of rotatable bonds is 9. The summed E-state index contributed by atoms with van der Waals surface area (Å²) in [4.78, 5) is 22.1. The van der Waals surface area contributed by atoms with Crippen LogP contribution in [0.1, 0.15) is 29.8 Å². The van der Waals surface area contributed by atoms with Crippen molar-refractivity contribution in [3.63, 3.8) is 0 Å². The molecule has 1 aromatic heterocycles. The molecule has 8 heteroatoms. The van der Waals surface area contributed by atoms with Crippen LogP contribution < -0.4 is 14.4 Å². The van der Waals surface area contributed by atoms with E-state index in [0.29, 0.717) is 34.3 Å². The van der Waals surface area contributed by atoms with Gasteiger partial charge in [0.2, 0.25) is 0 Å². The van der Waals surface area contributed by atoms with Crippen LogP contribution >= 0.6 is 11.3 Å². The zero-order valence-electron chi connectivity index (χ0n) is 18.2. The summed E-state index contributed by atoms with van der Waals surface area (Å²) in [6.45, 7) is 7.26. The number of fused-ring (bicyclic) bond motifs is 1. The zero-order valence-corrected chi connectivity index (χ0v) is 19.0. The molecule has 0 N–H and O–H groups in total.